The van der Waals surface area contributed by atoms with Gasteiger partial charge in [0.1, 0.15) is 6.54 Å². The fraction of sp³-hybridized carbons (Fsp3) is 0.550. The van der Waals surface area contributed by atoms with Crippen molar-refractivity contribution >= 4 is 40.7 Å². The van der Waals surface area contributed by atoms with Gasteiger partial charge in [-0.15, -0.1) is 11.3 Å². The molecule has 2 aliphatic rings. The van der Waals surface area contributed by atoms with Crippen molar-refractivity contribution < 1.29 is 24.0 Å². The molecule has 2 aliphatic heterocycles. The molecular formula is C20H25N3O5S. The second kappa shape index (κ2) is 8.86. The van der Waals surface area contributed by atoms with E-state index in [1.54, 1.807) is 21.1 Å². The Hall–Kier alpha value is -2.55. The van der Waals surface area contributed by atoms with E-state index in [9.17, 15) is 24.0 Å². The highest BCUT2D eigenvalue weighted by Gasteiger charge is 2.33. The summed E-state index contributed by atoms with van der Waals surface area (Å²) < 4.78 is 0. The van der Waals surface area contributed by atoms with Crippen LogP contribution in [-0.2, 0) is 19.2 Å². The third-order valence-corrected chi connectivity index (χ3v) is 6.31. The molecule has 0 saturated carbocycles. The van der Waals surface area contributed by atoms with Crippen molar-refractivity contribution in [1.29, 1.82) is 0 Å². The van der Waals surface area contributed by atoms with Gasteiger partial charge in [-0.3, -0.25) is 28.9 Å². The fourth-order valence-electron chi connectivity index (χ4n) is 3.66. The van der Waals surface area contributed by atoms with Crippen LogP contribution in [0.3, 0.4) is 0 Å². The molecular weight excluding hydrogens is 394 g/mol. The highest BCUT2D eigenvalue weighted by molar-refractivity contribution is 7.12. The highest BCUT2D eigenvalue weighted by Crippen LogP contribution is 2.22. The van der Waals surface area contributed by atoms with E-state index in [2.05, 4.69) is 0 Å². The molecule has 2 saturated heterocycles. The van der Waals surface area contributed by atoms with Crippen LogP contribution in [-0.4, -0.2) is 76.8 Å². The zero-order chi connectivity index (χ0) is 21.1. The average molecular weight is 420 g/mol. The summed E-state index contributed by atoms with van der Waals surface area (Å²) in [5.74, 6) is -1.01. The normalized spacial score (nSPS) is 17.2. The van der Waals surface area contributed by atoms with Gasteiger partial charge < -0.3 is 9.80 Å². The van der Waals surface area contributed by atoms with E-state index in [0.717, 1.165) is 14.7 Å². The maximum absolute atomic E-state index is 12.4. The molecule has 0 bridgehead atoms. The average Bonchev–Trinajstić information content (AvgIpc) is 3.21. The standard InChI is InChI=1S/C20H25N3O5S/c1-13-11-15(14(2)29-13)16(24)3-4-17(25)21-7-9-22(10-8-21)20(28)12-23-18(26)5-6-19(23)27/h11H,3-10,12H2,1-2H3. The van der Waals surface area contributed by atoms with Gasteiger partial charge in [0.25, 0.3) is 0 Å². The number of ketones is 1. The van der Waals surface area contributed by atoms with Gasteiger partial charge in [0.2, 0.25) is 23.6 Å². The number of aryl methyl sites for hydroxylation is 2. The quantitative estimate of drug-likeness (QED) is 0.509. The van der Waals surface area contributed by atoms with Crippen molar-refractivity contribution in [2.24, 2.45) is 0 Å². The Bertz CT molecular complexity index is 838. The molecule has 29 heavy (non-hydrogen) atoms. The van der Waals surface area contributed by atoms with Crippen molar-refractivity contribution in [3.63, 3.8) is 0 Å². The van der Waals surface area contributed by atoms with E-state index < -0.39 is 0 Å². The van der Waals surface area contributed by atoms with Gasteiger partial charge in [-0.1, -0.05) is 0 Å². The van der Waals surface area contributed by atoms with Gasteiger partial charge in [-0.2, -0.15) is 0 Å². The lowest BCUT2D eigenvalue weighted by Crippen LogP contribution is -2.53. The molecule has 0 radical (unpaired) electrons. The number of thiophene rings is 1. The number of hydrogen-bond acceptors (Lipinski definition) is 6. The molecule has 0 atom stereocenters. The van der Waals surface area contributed by atoms with Gasteiger partial charge >= 0.3 is 0 Å². The zero-order valence-corrected chi connectivity index (χ0v) is 17.5. The van der Waals surface area contributed by atoms with Crippen molar-refractivity contribution in [3.8, 4) is 0 Å². The van der Waals surface area contributed by atoms with Crippen LogP contribution in [0.2, 0.25) is 0 Å². The van der Waals surface area contributed by atoms with Crippen LogP contribution in [0, 0.1) is 13.8 Å². The van der Waals surface area contributed by atoms with Gasteiger partial charge in [0, 0.05) is 67.2 Å². The minimum Gasteiger partial charge on any atom is -0.339 e. The predicted molar refractivity (Wildman–Crippen MR) is 106 cm³/mol. The third-order valence-electron chi connectivity index (χ3n) is 5.34. The second-order valence-corrected chi connectivity index (χ2v) is 8.85. The van der Waals surface area contributed by atoms with Crippen molar-refractivity contribution in [2.45, 2.75) is 39.5 Å². The van der Waals surface area contributed by atoms with Crippen LogP contribution in [0.25, 0.3) is 0 Å². The number of likely N-dealkylation sites (tertiary alicyclic amines) is 1. The van der Waals surface area contributed by atoms with Crippen LogP contribution >= 0.6 is 11.3 Å². The summed E-state index contributed by atoms with van der Waals surface area (Å²) in [6.07, 6.45) is 0.654. The summed E-state index contributed by atoms with van der Waals surface area (Å²) in [5.41, 5.74) is 0.696. The number of amides is 4. The first-order chi connectivity index (χ1) is 13.8. The molecule has 0 aliphatic carbocycles. The summed E-state index contributed by atoms with van der Waals surface area (Å²) in [4.78, 5) is 66.8. The molecule has 9 heteroatoms. The SMILES string of the molecule is Cc1cc(C(=O)CCC(=O)N2CCN(C(=O)CN3C(=O)CCC3=O)CC2)c(C)s1. The van der Waals surface area contributed by atoms with Crippen LogP contribution in [0.4, 0.5) is 0 Å². The lowest BCUT2D eigenvalue weighted by atomic mass is 10.1. The van der Waals surface area contributed by atoms with E-state index >= 15 is 0 Å². The predicted octanol–water partition coefficient (Wildman–Crippen LogP) is 1.15. The second-order valence-electron chi connectivity index (χ2n) is 7.39. The molecule has 0 N–H and O–H groups in total. The first kappa shape index (κ1) is 21.2. The first-order valence-electron chi connectivity index (χ1n) is 9.75. The molecule has 0 spiro atoms. The number of hydrogen-bond donors (Lipinski definition) is 0. The van der Waals surface area contributed by atoms with Crippen LogP contribution in [0.15, 0.2) is 6.07 Å². The van der Waals surface area contributed by atoms with E-state index in [4.69, 9.17) is 0 Å². The van der Waals surface area contributed by atoms with Gasteiger partial charge in [-0.05, 0) is 19.9 Å². The molecule has 3 heterocycles. The maximum Gasteiger partial charge on any atom is 0.242 e. The Morgan fingerprint density at radius 2 is 1.45 bits per heavy atom. The number of imide groups is 1. The molecule has 1 aromatic rings. The van der Waals surface area contributed by atoms with Gasteiger partial charge in [0.05, 0.1) is 0 Å². The topological polar surface area (TPSA) is 95.1 Å². The Balaban J connectivity index is 1.44. The fourth-order valence-corrected chi connectivity index (χ4v) is 4.60. The summed E-state index contributed by atoms with van der Waals surface area (Å²) in [7, 11) is 0. The van der Waals surface area contributed by atoms with E-state index in [1.807, 2.05) is 19.9 Å². The van der Waals surface area contributed by atoms with Crippen molar-refractivity contribution in [2.75, 3.05) is 32.7 Å². The Kier molecular flexibility index (Phi) is 6.46. The lowest BCUT2D eigenvalue weighted by molar-refractivity contribution is -0.147. The molecule has 4 amide bonds. The first-order valence-corrected chi connectivity index (χ1v) is 10.6. The van der Waals surface area contributed by atoms with Gasteiger partial charge in [0.15, 0.2) is 5.78 Å². The van der Waals surface area contributed by atoms with E-state index in [-0.39, 0.29) is 61.6 Å². The molecule has 3 rings (SSSR count). The molecule has 2 fully saturated rings. The van der Waals surface area contributed by atoms with E-state index in [0.29, 0.717) is 31.7 Å². The molecule has 8 nitrogen and oxygen atoms in total. The minimum atomic E-state index is -0.308. The van der Waals surface area contributed by atoms with Crippen molar-refractivity contribution in [1.82, 2.24) is 14.7 Å². The third kappa shape index (κ3) is 4.90. The monoisotopic (exact) mass is 419 g/mol. The van der Waals surface area contributed by atoms with Gasteiger partial charge in [-0.25, -0.2) is 0 Å². The number of nitrogens with zero attached hydrogens (tertiary/aromatic N) is 3. The molecule has 0 aromatic carbocycles. The Morgan fingerprint density at radius 1 is 0.897 bits per heavy atom. The number of carbonyl (C=O) groups excluding carboxylic acids is 5. The minimum absolute atomic E-state index is 0.0195. The van der Waals surface area contributed by atoms with E-state index in [1.165, 1.54) is 0 Å². The summed E-state index contributed by atoms with van der Waals surface area (Å²) in [6.45, 7) is 5.13. The highest BCUT2D eigenvalue weighted by atomic mass is 32.1. The lowest BCUT2D eigenvalue weighted by Gasteiger charge is -2.35. The summed E-state index contributed by atoms with van der Waals surface area (Å²) in [5, 5.41) is 0. The molecule has 156 valence electrons. The number of piperazine rings is 1. The Morgan fingerprint density at radius 3 is 1.97 bits per heavy atom. The molecule has 1 aromatic heterocycles. The van der Waals surface area contributed by atoms with Crippen LogP contribution in [0.5, 0.6) is 0 Å². The maximum atomic E-state index is 12.4. The molecule has 0 unspecified atom stereocenters. The summed E-state index contributed by atoms with van der Waals surface area (Å²) >= 11 is 1.57. The van der Waals surface area contributed by atoms with Crippen LogP contribution in [0.1, 0.15) is 45.8 Å². The van der Waals surface area contributed by atoms with Crippen LogP contribution < -0.4 is 0 Å². The number of rotatable bonds is 6. The van der Waals surface area contributed by atoms with Crippen molar-refractivity contribution in [3.05, 3.63) is 21.4 Å². The number of carbonyl (C=O) groups is 5. The number of Topliss-reactive ketones (excluding diaryl/α,β-unsaturated/α-hetero) is 1. The summed E-state index contributed by atoms with van der Waals surface area (Å²) in [6, 6.07) is 1.87. The largest absolute Gasteiger partial charge is 0.339 e. The smallest absolute Gasteiger partial charge is 0.242 e. The zero-order valence-electron chi connectivity index (χ0n) is 16.7. The Labute approximate surface area is 173 Å².